The van der Waals surface area contributed by atoms with E-state index in [1.165, 1.54) is 6.07 Å². The molecule has 0 saturated heterocycles. The van der Waals surface area contributed by atoms with Gasteiger partial charge in [-0.15, -0.1) is 0 Å². The smallest absolute Gasteiger partial charge is 0.244 e. The molecule has 1 aromatic carbocycles. The predicted octanol–water partition coefficient (Wildman–Crippen LogP) is 3.44. The van der Waals surface area contributed by atoms with Crippen LogP contribution in [0.15, 0.2) is 17.0 Å². The zero-order valence-corrected chi connectivity index (χ0v) is 14.5. The standard InChI is InChI=1S/C17H27NO4S/c1-2-3-5-8-13-11-15(19)12-16(20)17(13)23(21,22)18-14-9-6-4-7-10-14/h11-12,14,18-20H,2-10H2,1H3. The topological polar surface area (TPSA) is 86.6 Å². The molecule has 6 heteroatoms. The lowest BCUT2D eigenvalue weighted by Crippen LogP contribution is -2.36. The molecule has 0 heterocycles. The van der Waals surface area contributed by atoms with Crippen LogP contribution in [0, 0.1) is 0 Å². The number of aromatic hydroxyl groups is 2. The van der Waals surface area contributed by atoms with Crippen molar-refractivity contribution in [2.24, 2.45) is 0 Å². The fourth-order valence-corrected chi connectivity index (χ4v) is 4.85. The fraction of sp³-hybridized carbons (Fsp3) is 0.647. The van der Waals surface area contributed by atoms with E-state index >= 15 is 0 Å². The second-order valence-electron chi connectivity index (χ2n) is 6.37. The molecule has 0 spiro atoms. The Hall–Kier alpha value is -1.27. The monoisotopic (exact) mass is 341 g/mol. The molecule has 0 atom stereocenters. The normalized spacial score (nSPS) is 16.6. The molecule has 130 valence electrons. The van der Waals surface area contributed by atoms with Crippen LogP contribution >= 0.6 is 0 Å². The lowest BCUT2D eigenvalue weighted by Gasteiger charge is -2.23. The van der Waals surface area contributed by atoms with Crippen LogP contribution in [0.5, 0.6) is 11.5 Å². The summed E-state index contributed by atoms with van der Waals surface area (Å²) in [7, 11) is -3.79. The molecule has 1 fully saturated rings. The largest absolute Gasteiger partial charge is 0.508 e. The van der Waals surface area contributed by atoms with Crippen molar-refractivity contribution in [3.05, 3.63) is 17.7 Å². The number of hydrogen-bond acceptors (Lipinski definition) is 4. The van der Waals surface area contributed by atoms with E-state index in [1.807, 2.05) is 0 Å². The summed E-state index contributed by atoms with van der Waals surface area (Å²) in [6, 6.07) is 2.48. The van der Waals surface area contributed by atoms with Crippen molar-refractivity contribution >= 4 is 10.0 Å². The SMILES string of the molecule is CCCCCc1cc(O)cc(O)c1S(=O)(=O)NC1CCCCC1. The fourth-order valence-electron chi connectivity index (χ4n) is 3.22. The van der Waals surface area contributed by atoms with Gasteiger partial charge in [-0.3, -0.25) is 0 Å². The second kappa shape index (κ2) is 8.02. The van der Waals surface area contributed by atoms with Crippen molar-refractivity contribution in [3.63, 3.8) is 0 Å². The van der Waals surface area contributed by atoms with E-state index in [4.69, 9.17) is 0 Å². The summed E-state index contributed by atoms with van der Waals surface area (Å²) in [6.07, 6.45) is 8.22. The molecule has 0 aliphatic heterocycles. The van der Waals surface area contributed by atoms with Crippen LogP contribution in [-0.2, 0) is 16.4 Å². The van der Waals surface area contributed by atoms with E-state index in [2.05, 4.69) is 11.6 Å². The minimum Gasteiger partial charge on any atom is -0.508 e. The number of benzene rings is 1. The van der Waals surface area contributed by atoms with Gasteiger partial charge < -0.3 is 10.2 Å². The van der Waals surface area contributed by atoms with Gasteiger partial charge in [0, 0.05) is 12.1 Å². The Morgan fingerprint density at radius 1 is 1.13 bits per heavy atom. The third-order valence-electron chi connectivity index (χ3n) is 4.38. The molecular weight excluding hydrogens is 314 g/mol. The van der Waals surface area contributed by atoms with Crippen LogP contribution in [0.3, 0.4) is 0 Å². The van der Waals surface area contributed by atoms with Crippen LogP contribution in [0.25, 0.3) is 0 Å². The van der Waals surface area contributed by atoms with Crippen molar-refractivity contribution < 1.29 is 18.6 Å². The van der Waals surface area contributed by atoms with Crippen LogP contribution in [0.4, 0.5) is 0 Å². The van der Waals surface area contributed by atoms with Crippen LogP contribution in [0.1, 0.15) is 63.9 Å². The quantitative estimate of drug-likeness (QED) is 0.663. The average Bonchev–Trinajstić information content (AvgIpc) is 2.47. The Labute approximate surface area is 138 Å². The third kappa shape index (κ3) is 4.85. The number of unbranched alkanes of at least 4 members (excludes halogenated alkanes) is 2. The second-order valence-corrected chi connectivity index (χ2v) is 8.02. The summed E-state index contributed by atoms with van der Waals surface area (Å²) >= 11 is 0. The van der Waals surface area contributed by atoms with Crippen LogP contribution in [-0.4, -0.2) is 24.7 Å². The average molecular weight is 341 g/mol. The summed E-state index contributed by atoms with van der Waals surface area (Å²) < 4.78 is 28.2. The molecule has 0 aromatic heterocycles. The van der Waals surface area contributed by atoms with Crippen molar-refractivity contribution in [3.8, 4) is 11.5 Å². The van der Waals surface area contributed by atoms with Gasteiger partial charge in [0.2, 0.25) is 10.0 Å². The van der Waals surface area contributed by atoms with Gasteiger partial charge in [-0.25, -0.2) is 13.1 Å². The highest BCUT2D eigenvalue weighted by molar-refractivity contribution is 7.89. The molecule has 2 rings (SSSR count). The van der Waals surface area contributed by atoms with Crippen LogP contribution in [0.2, 0.25) is 0 Å². The van der Waals surface area contributed by atoms with Gasteiger partial charge in [-0.05, 0) is 37.3 Å². The summed E-state index contributed by atoms with van der Waals surface area (Å²) in [4.78, 5) is -0.0722. The maximum atomic E-state index is 12.7. The van der Waals surface area contributed by atoms with Crippen molar-refractivity contribution in [2.45, 2.75) is 75.6 Å². The first-order chi connectivity index (χ1) is 10.9. The molecule has 3 N–H and O–H groups in total. The molecule has 0 bridgehead atoms. The maximum absolute atomic E-state index is 12.7. The summed E-state index contributed by atoms with van der Waals surface area (Å²) in [6.45, 7) is 2.07. The Balaban J connectivity index is 2.27. The van der Waals surface area contributed by atoms with E-state index in [0.29, 0.717) is 12.0 Å². The minimum atomic E-state index is -3.79. The highest BCUT2D eigenvalue weighted by Crippen LogP contribution is 2.33. The number of phenols is 2. The summed E-state index contributed by atoms with van der Waals surface area (Å²) in [5, 5.41) is 19.8. The summed E-state index contributed by atoms with van der Waals surface area (Å²) in [5.41, 5.74) is 0.485. The lowest BCUT2D eigenvalue weighted by molar-refractivity contribution is 0.408. The number of rotatable bonds is 7. The number of sulfonamides is 1. The third-order valence-corrected chi connectivity index (χ3v) is 6.03. The molecule has 0 amide bonds. The minimum absolute atomic E-state index is 0.0644. The van der Waals surface area contributed by atoms with E-state index in [1.54, 1.807) is 0 Å². The molecule has 23 heavy (non-hydrogen) atoms. The van der Waals surface area contributed by atoms with Crippen LogP contribution < -0.4 is 4.72 Å². The molecule has 5 nitrogen and oxygen atoms in total. The molecule has 1 aliphatic rings. The van der Waals surface area contributed by atoms with Crippen molar-refractivity contribution in [1.82, 2.24) is 4.72 Å². The Morgan fingerprint density at radius 2 is 1.83 bits per heavy atom. The van der Waals surface area contributed by atoms with E-state index in [9.17, 15) is 18.6 Å². The van der Waals surface area contributed by atoms with Gasteiger partial charge in [-0.1, -0.05) is 39.0 Å². The van der Waals surface area contributed by atoms with Crippen molar-refractivity contribution in [1.29, 1.82) is 0 Å². The Kier molecular flexibility index (Phi) is 6.30. The van der Waals surface area contributed by atoms with Gasteiger partial charge in [-0.2, -0.15) is 0 Å². The van der Waals surface area contributed by atoms with E-state index in [0.717, 1.165) is 57.4 Å². The molecule has 0 unspecified atom stereocenters. The zero-order valence-electron chi connectivity index (χ0n) is 13.7. The van der Waals surface area contributed by atoms with Crippen molar-refractivity contribution in [2.75, 3.05) is 0 Å². The highest BCUT2D eigenvalue weighted by Gasteiger charge is 2.27. The first kappa shape index (κ1) is 18.1. The number of phenolic OH excluding ortho intramolecular Hbond substituents is 2. The van der Waals surface area contributed by atoms with Gasteiger partial charge in [0.05, 0.1) is 0 Å². The molecule has 1 saturated carbocycles. The number of nitrogens with one attached hydrogen (secondary N) is 1. The highest BCUT2D eigenvalue weighted by atomic mass is 32.2. The number of hydrogen-bond donors (Lipinski definition) is 3. The molecule has 1 aliphatic carbocycles. The Morgan fingerprint density at radius 3 is 2.48 bits per heavy atom. The summed E-state index contributed by atoms with van der Waals surface area (Å²) in [5.74, 6) is -0.481. The van der Waals surface area contributed by atoms with E-state index < -0.39 is 10.0 Å². The van der Waals surface area contributed by atoms with Gasteiger partial charge in [0.15, 0.2) is 0 Å². The maximum Gasteiger partial charge on any atom is 0.244 e. The number of aryl methyl sites for hydroxylation is 1. The first-order valence-corrected chi connectivity index (χ1v) is 9.99. The first-order valence-electron chi connectivity index (χ1n) is 8.51. The van der Waals surface area contributed by atoms with Gasteiger partial charge in [0.25, 0.3) is 0 Å². The molecular formula is C17H27NO4S. The van der Waals surface area contributed by atoms with Gasteiger partial charge >= 0.3 is 0 Å². The van der Waals surface area contributed by atoms with Gasteiger partial charge in [0.1, 0.15) is 16.4 Å². The predicted molar refractivity (Wildman–Crippen MR) is 90.2 cm³/mol. The lowest BCUT2D eigenvalue weighted by atomic mass is 9.96. The molecule has 0 radical (unpaired) electrons. The Bertz CT molecular complexity index is 622. The van der Waals surface area contributed by atoms with E-state index in [-0.39, 0.29) is 22.4 Å². The zero-order chi connectivity index (χ0) is 16.9. The molecule has 1 aromatic rings.